The molecule has 5 rings (SSSR count). The molecule has 0 saturated carbocycles. The Balaban J connectivity index is 1.58. The standard InChI is InChI=1S/C32H34F5N7O4/c1-18(2)44(48-29(46)32(35,36)37)28(45)20-11-10-19(3)21(16-20)25-22-17-39-31(47)43(26-23(33)8-6-9-24(26)34)27(22)41-30(40-25)38-12-7-15-42-13-4-5-14-42/h6,8-11,16,18H,4-5,7,12-15,17H2,1-3H3,(H,39,47)(H,38,40,41). The highest BCUT2D eigenvalue weighted by molar-refractivity contribution is 6.02. The molecule has 3 aromatic rings. The Labute approximate surface area is 273 Å². The van der Waals surface area contributed by atoms with Crippen LogP contribution in [0, 0.1) is 18.6 Å². The number of amides is 3. The van der Waals surface area contributed by atoms with E-state index in [-0.39, 0.29) is 35.1 Å². The zero-order chi connectivity index (χ0) is 34.7. The number of hydrogen-bond acceptors (Lipinski definition) is 8. The van der Waals surface area contributed by atoms with Gasteiger partial charge in [0.05, 0.1) is 18.3 Å². The van der Waals surface area contributed by atoms with Gasteiger partial charge >= 0.3 is 18.2 Å². The van der Waals surface area contributed by atoms with Gasteiger partial charge in [-0.15, -0.1) is 0 Å². The third-order valence-electron chi connectivity index (χ3n) is 7.93. The van der Waals surface area contributed by atoms with E-state index in [0.29, 0.717) is 22.7 Å². The molecule has 2 aliphatic rings. The number of benzene rings is 2. The van der Waals surface area contributed by atoms with E-state index in [0.717, 1.165) is 62.0 Å². The first-order valence-corrected chi connectivity index (χ1v) is 15.4. The first-order valence-electron chi connectivity index (χ1n) is 15.4. The van der Waals surface area contributed by atoms with Crippen molar-refractivity contribution in [3.63, 3.8) is 0 Å². The minimum atomic E-state index is -5.34. The molecule has 2 aliphatic heterocycles. The van der Waals surface area contributed by atoms with Crippen molar-refractivity contribution in [2.24, 2.45) is 0 Å². The van der Waals surface area contributed by atoms with Crippen molar-refractivity contribution < 1.29 is 41.2 Å². The van der Waals surface area contributed by atoms with Crippen LogP contribution in [0.25, 0.3) is 11.3 Å². The second-order valence-corrected chi connectivity index (χ2v) is 11.7. The van der Waals surface area contributed by atoms with Gasteiger partial charge in [0.15, 0.2) is 5.82 Å². The van der Waals surface area contributed by atoms with Crippen molar-refractivity contribution in [2.45, 2.75) is 58.8 Å². The van der Waals surface area contributed by atoms with Crippen molar-refractivity contribution in [3.8, 4) is 11.3 Å². The highest BCUT2D eigenvalue weighted by Crippen LogP contribution is 2.39. The lowest BCUT2D eigenvalue weighted by Gasteiger charge is -2.31. The molecule has 48 heavy (non-hydrogen) atoms. The fourth-order valence-corrected chi connectivity index (χ4v) is 5.54. The summed E-state index contributed by atoms with van der Waals surface area (Å²) in [5.41, 5.74) is 0.548. The highest BCUT2D eigenvalue weighted by atomic mass is 19.4. The number of nitrogens with one attached hydrogen (secondary N) is 2. The molecule has 16 heteroatoms. The Morgan fingerprint density at radius 3 is 2.42 bits per heavy atom. The van der Waals surface area contributed by atoms with Crippen LogP contribution in [0.2, 0.25) is 0 Å². The Kier molecular flexibility index (Phi) is 10.1. The summed E-state index contributed by atoms with van der Waals surface area (Å²) in [5.74, 6) is -5.67. The number of fused-ring (bicyclic) bond motifs is 1. The fraction of sp³-hybridized carbons (Fsp3) is 0.406. The lowest BCUT2D eigenvalue weighted by atomic mass is 9.97. The van der Waals surface area contributed by atoms with E-state index in [1.54, 1.807) is 6.92 Å². The Bertz CT molecular complexity index is 1690. The molecule has 3 heterocycles. The first kappa shape index (κ1) is 34.5. The molecular weight excluding hydrogens is 641 g/mol. The van der Waals surface area contributed by atoms with Crippen LogP contribution < -0.4 is 15.5 Å². The summed E-state index contributed by atoms with van der Waals surface area (Å²) in [5, 5.41) is 6.05. The number of aryl methyl sites for hydroxylation is 1. The topological polar surface area (TPSA) is 120 Å². The van der Waals surface area contributed by atoms with Crippen LogP contribution in [0.1, 0.15) is 54.6 Å². The molecule has 3 amide bonds. The van der Waals surface area contributed by atoms with Gasteiger partial charge in [-0.1, -0.05) is 12.1 Å². The second-order valence-electron chi connectivity index (χ2n) is 11.7. The number of likely N-dealkylation sites (tertiary alicyclic amines) is 1. The molecule has 2 aromatic carbocycles. The van der Waals surface area contributed by atoms with Crippen LogP contribution in [0.5, 0.6) is 0 Å². The Morgan fingerprint density at radius 2 is 1.77 bits per heavy atom. The normalized spacial score (nSPS) is 14.9. The summed E-state index contributed by atoms with van der Waals surface area (Å²) in [7, 11) is 0. The van der Waals surface area contributed by atoms with Crippen LogP contribution in [0.15, 0.2) is 36.4 Å². The number of halogens is 5. The number of carbonyl (C=O) groups is 3. The number of urea groups is 1. The molecule has 1 fully saturated rings. The number of alkyl halides is 3. The molecule has 0 aliphatic carbocycles. The van der Waals surface area contributed by atoms with E-state index < -0.39 is 47.4 Å². The number of hydrogen-bond donors (Lipinski definition) is 2. The lowest BCUT2D eigenvalue weighted by Crippen LogP contribution is -2.43. The maximum atomic E-state index is 15.1. The average Bonchev–Trinajstić information content (AvgIpc) is 3.55. The van der Waals surface area contributed by atoms with E-state index in [1.165, 1.54) is 32.0 Å². The third-order valence-corrected chi connectivity index (χ3v) is 7.93. The fourth-order valence-electron chi connectivity index (χ4n) is 5.54. The van der Waals surface area contributed by atoms with E-state index >= 15 is 8.78 Å². The summed E-state index contributed by atoms with van der Waals surface area (Å²) in [6, 6.07) is 5.61. The number of rotatable bonds is 9. The predicted molar refractivity (Wildman–Crippen MR) is 165 cm³/mol. The van der Waals surface area contributed by atoms with Crippen molar-refractivity contribution in [3.05, 3.63) is 64.7 Å². The molecule has 0 radical (unpaired) electrons. The predicted octanol–water partition coefficient (Wildman–Crippen LogP) is 5.86. The van der Waals surface area contributed by atoms with Crippen LogP contribution in [-0.2, 0) is 16.2 Å². The number of anilines is 3. The molecule has 0 spiro atoms. The minimum Gasteiger partial charge on any atom is -0.354 e. The van der Waals surface area contributed by atoms with Crippen LogP contribution in [0.3, 0.4) is 0 Å². The molecule has 11 nitrogen and oxygen atoms in total. The molecule has 0 atom stereocenters. The monoisotopic (exact) mass is 675 g/mol. The van der Waals surface area contributed by atoms with Gasteiger partial charge in [0.1, 0.15) is 17.3 Å². The number of nitrogens with zero attached hydrogens (tertiary/aromatic N) is 5. The quantitative estimate of drug-likeness (QED) is 0.165. The van der Waals surface area contributed by atoms with Gasteiger partial charge in [-0.3, -0.25) is 4.79 Å². The SMILES string of the molecule is Cc1ccc(C(=O)N(OC(=O)C(F)(F)F)C(C)C)cc1-c1nc(NCCCN2CCCC2)nc2c1CNC(=O)N2c1c(F)cccc1F. The number of hydroxylamine groups is 2. The van der Waals surface area contributed by atoms with Gasteiger partial charge < -0.3 is 20.4 Å². The van der Waals surface area contributed by atoms with Crippen LogP contribution in [0.4, 0.5) is 44.2 Å². The van der Waals surface area contributed by atoms with Gasteiger partial charge in [-0.25, -0.2) is 28.3 Å². The van der Waals surface area contributed by atoms with Crippen molar-refractivity contribution in [1.82, 2.24) is 25.2 Å². The largest absolute Gasteiger partial charge is 0.493 e. The van der Waals surface area contributed by atoms with Crippen molar-refractivity contribution >= 4 is 35.4 Å². The maximum Gasteiger partial charge on any atom is 0.493 e. The van der Waals surface area contributed by atoms with E-state index in [9.17, 15) is 27.6 Å². The Morgan fingerprint density at radius 1 is 1.08 bits per heavy atom. The highest BCUT2D eigenvalue weighted by Gasteiger charge is 2.44. The van der Waals surface area contributed by atoms with E-state index in [2.05, 4.69) is 30.3 Å². The zero-order valence-electron chi connectivity index (χ0n) is 26.5. The van der Waals surface area contributed by atoms with E-state index in [4.69, 9.17) is 0 Å². The van der Waals surface area contributed by atoms with Gasteiger partial charge in [0, 0.05) is 23.2 Å². The molecule has 1 saturated heterocycles. The molecular formula is C32H34F5N7O4. The first-order chi connectivity index (χ1) is 22.8. The lowest BCUT2D eigenvalue weighted by molar-refractivity contribution is -0.232. The van der Waals surface area contributed by atoms with Gasteiger partial charge in [-0.2, -0.15) is 23.2 Å². The van der Waals surface area contributed by atoms with Gasteiger partial charge in [0.25, 0.3) is 5.91 Å². The van der Waals surface area contributed by atoms with Crippen molar-refractivity contribution in [2.75, 3.05) is 36.4 Å². The molecule has 0 bridgehead atoms. The minimum absolute atomic E-state index is 0.0423. The van der Waals surface area contributed by atoms with E-state index in [1.807, 2.05) is 0 Å². The number of para-hydroxylation sites is 1. The summed E-state index contributed by atoms with van der Waals surface area (Å²) in [6.07, 6.45) is -2.34. The number of carbonyl (C=O) groups excluding carboxylic acids is 3. The van der Waals surface area contributed by atoms with Crippen LogP contribution >= 0.6 is 0 Å². The molecule has 1 aromatic heterocycles. The summed E-state index contributed by atoms with van der Waals surface area (Å²) in [4.78, 5) is 54.9. The zero-order valence-corrected chi connectivity index (χ0v) is 26.5. The maximum absolute atomic E-state index is 15.1. The second kappa shape index (κ2) is 14.1. The third kappa shape index (κ3) is 7.32. The van der Waals surface area contributed by atoms with Crippen molar-refractivity contribution in [1.29, 1.82) is 0 Å². The molecule has 0 unspecified atom stereocenters. The summed E-state index contributed by atoms with van der Waals surface area (Å²) < 4.78 is 69.1. The summed E-state index contributed by atoms with van der Waals surface area (Å²) in [6.45, 7) is 7.57. The van der Waals surface area contributed by atoms with Gasteiger partial charge in [-0.05, 0) is 89.5 Å². The summed E-state index contributed by atoms with van der Waals surface area (Å²) >= 11 is 0. The molecule has 2 N–H and O–H groups in total. The van der Waals surface area contributed by atoms with Gasteiger partial charge in [0.2, 0.25) is 5.95 Å². The van der Waals surface area contributed by atoms with Crippen LogP contribution in [-0.4, -0.2) is 76.2 Å². The molecule has 256 valence electrons. The Hall–Kier alpha value is -4.86. The smallest absolute Gasteiger partial charge is 0.354 e. The number of aromatic nitrogens is 2. The average molecular weight is 676 g/mol.